The van der Waals surface area contributed by atoms with E-state index in [2.05, 4.69) is 15.2 Å². The van der Waals surface area contributed by atoms with Crippen LogP contribution < -0.4 is 0 Å². The summed E-state index contributed by atoms with van der Waals surface area (Å²) in [6.07, 6.45) is 4.36. The van der Waals surface area contributed by atoms with Gasteiger partial charge in [-0.1, -0.05) is 0 Å². The average molecular weight is 135 g/mol. The molecular weight excluding hydrogens is 126 g/mol. The highest BCUT2D eigenvalue weighted by Crippen LogP contribution is 2.38. The molecule has 52 valence electrons. The molecule has 0 radical (unpaired) electrons. The first-order valence-corrected chi connectivity index (χ1v) is 3.52. The molecule has 0 N–H and O–H groups in total. The van der Waals surface area contributed by atoms with Gasteiger partial charge in [-0.25, -0.2) is 4.98 Å². The van der Waals surface area contributed by atoms with Crippen LogP contribution in [0, 0.1) is 6.92 Å². The van der Waals surface area contributed by atoms with Crippen molar-refractivity contribution in [3.63, 3.8) is 0 Å². The topological polar surface area (TPSA) is 38.7 Å². The van der Waals surface area contributed by atoms with Gasteiger partial charge in [0.25, 0.3) is 0 Å². The fourth-order valence-corrected chi connectivity index (χ4v) is 0.907. The second-order valence-electron chi connectivity index (χ2n) is 2.70. The smallest absolute Gasteiger partial charge is 0.147 e. The molecule has 1 aliphatic carbocycles. The standard InChI is InChI=1S/C7H9N3/c1-5-8-4-7(10-9-5)6-2-3-6/h4,6H,2-3H2,1H3. The lowest BCUT2D eigenvalue weighted by atomic mass is 10.3. The van der Waals surface area contributed by atoms with Crippen molar-refractivity contribution >= 4 is 0 Å². The van der Waals surface area contributed by atoms with Crippen LogP contribution in [0.15, 0.2) is 6.20 Å². The van der Waals surface area contributed by atoms with E-state index in [9.17, 15) is 0 Å². The van der Waals surface area contributed by atoms with Gasteiger partial charge in [-0.15, -0.1) is 5.10 Å². The highest BCUT2D eigenvalue weighted by atomic mass is 15.2. The Morgan fingerprint density at radius 2 is 2.20 bits per heavy atom. The maximum Gasteiger partial charge on any atom is 0.147 e. The molecule has 1 heterocycles. The molecule has 0 aromatic carbocycles. The SMILES string of the molecule is Cc1ncc(C2CC2)nn1. The molecule has 0 unspecified atom stereocenters. The molecule has 1 aromatic heterocycles. The molecule has 1 fully saturated rings. The number of aromatic nitrogens is 3. The van der Waals surface area contributed by atoms with Crippen molar-refractivity contribution in [2.24, 2.45) is 0 Å². The van der Waals surface area contributed by atoms with Crippen molar-refractivity contribution in [3.05, 3.63) is 17.7 Å². The summed E-state index contributed by atoms with van der Waals surface area (Å²) in [5, 5.41) is 7.91. The first-order valence-electron chi connectivity index (χ1n) is 3.52. The largest absolute Gasteiger partial charge is 0.238 e. The van der Waals surface area contributed by atoms with E-state index in [0.29, 0.717) is 5.92 Å². The molecule has 0 bridgehead atoms. The van der Waals surface area contributed by atoms with Gasteiger partial charge in [-0.3, -0.25) is 0 Å². The monoisotopic (exact) mass is 135 g/mol. The maximum atomic E-state index is 4.07. The minimum atomic E-state index is 0.667. The molecule has 0 amide bonds. The van der Waals surface area contributed by atoms with Crippen LogP contribution in [0.2, 0.25) is 0 Å². The highest BCUT2D eigenvalue weighted by molar-refractivity contribution is 5.08. The third kappa shape index (κ3) is 0.988. The van der Waals surface area contributed by atoms with E-state index in [0.717, 1.165) is 11.5 Å². The predicted octanol–water partition coefficient (Wildman–Crippen LogP) is 1.06. The normalized spacial score (nSPS) is 17.3. The number of aryl methyl sites for hydroxylation is 1. The van der Waals surface area contributed by atoms with Gasteiger partial charge in [0.15, 0.2) is 0 Å². The minimum Gasteiger partial charge on any atom is -0.238 e. The number of hydrogen-bond acceptors (Lipinski definition) is 3. The Hall–Kier alpha value is -0.990. The summed E-state index contributed by atoms with van der Waals surface area (Å²) in [6.45, 7) is 1.85. The molecule has 10 heavy (non-hydrogen) atoms. The van der Waals surface area contributed by atoms with Gasteiger partial charge >= 0.3 is 0 Å². The zero-order valence-electron chi connectivity index (χ0n) is 5.91. The Balaban J connectivity index is 2.28. The van der Waals surface area contributed by atoms with Crippen molar-refractivity contribution in [1.82, 2.24) is 15.2 Å². The van der Waals surface area contributed by atoms with Gasteiger partial charge < -0.3 is 0 Å². The van der Waals surface area contributed by atoms with Crippen LogP contribution in [0.25, 0.3) is 0 Å². The van der Waals surface area contributed by atoms with Crippen molar-refractivity contribution in [2.45, 2.75) is 25.7 Å². The lowest BCUT2D eigenvalue weighted by molar-refractivity contribution is 0.834. The van der Waals surface area contributed by atoms with E-state index < -0.39 is 0 Å². The lowest BCUT2D eigenvalue weighted by Crippen LogP contribution is -1.94. The van der Waals surface area contributed by atoms with E-state index in [1.807, 2.05) is 13.1 Å². The zero-order valence-corrected chi connectivity index (χ0v) is 5.91. The predicted molar refractivity (Wildman–Crippen MR) is 36.5 cm³/mol. The highest BCUT2D eigenvalue weighted by Gasteiger charge is 2.25. The minimum absolute atomic E-state index is 0.667. The Morgan fingerprint density at radius 1 is 1.40 bits per heavy atom. The quantitative estimate of drug-likeness (QED) is 0.578. The van der Waals surface area contributed by atoms with Gasteiger partial charge in [0.05, 0.1) is 11.9 Å². The van der Waals surface area contributed by atoms with Crippen LogP contribution in [0.5, 0.6) is 0 Å². The Morgan fingerprint density at radius 3 is 2.70 bits per heavy atom. The van der Waals surface area contributed by atoms with Gasteiger partial charge in [-0.2, -0.15) is 5.10 Å². The molecule has 1 saturated carbocycles. The van der Waals surface area contributed by atoms with E-state index in [4.69, 9.17) is 0 Å². The van der Waals surface area contributed by atoms with Gasteiger partial charge in [0.2, 0.25) is 0 Å². The number of hydrogen-bond donors (Lipinski definition) is 0. The van der Waals surface area contributed by atoms with E-state index in [1.54, 1.807) is 0 Å². The molecule has 1 aliphatic rings. The summed E-state index contributed by atoms with van der Waals surface area (Å²) in [5.74, 6) is 1.42. The van der Waals surface area contributed by atoms with Crippen molar-refractivity contribution in [1.29, 1.82) is 0 Å². The molecule has 0 atom stereocenters. The molecule has 2 rings (SSSR count). The zero-order chi connectivity index (χ0) is 6.97. The Labute approximate surface area is 59.5 Å². The summed E-state index contributed by atoms with van der Waals surface area (Å²) < 4.78 is 0. The van der Waals surface area contributed by atoms with E-state index in [1.165, 1.54) is 12.8 Å². The fourth-order valence-electron chi connectivity index (χ4n) is 0.907. The summed E-state index contributed by atoms with van der Waals surface area (Å²) >= 11 is 0. The average Bonchev–Trinajstić information content (AvgIpc) is 2.71. The van der Waals surface area contributed by atoms with Crippen LogP contribution in [-0.4, -0.2) is 15.2 Å². The van der Waals surface area contributed by atoms with Gasteiger partial charge in [-0.05, 0) is 19.8 Å². The Bertz CT molecular complexity index is 225. The fraction of sp³-hybridized carbons (Fsp3) is 0.571. The van der Waals surface area contributed by atoms with Crippen LogP contribution in [0.3, 0.4) is 0 Å². The molecule has 0 spiro atoms. The summed E-state index contributed by atoms with van der Waals surface area (Å²) in [6, 6.07) is 0. The van der Waals surface area contributed by atoms with Crippen LogP contribution in [0.4, 0.5) is 0 Å². The third-order valence-corrected chi connectivity index (χ3v) is 1.69. The molecule has 0 aliphatic heterocycles. The van der Waals surface area contributed by atoms with Gasteiger partial charge in [0.1, 0.15) is 5.82 Å². The molecule has 1 aromatic rings. The summed E-state index contributed by atoms with van der Waals surface area (Å²) in [4.78, 5) is 4.07. The molecule has 3 nitrogen and oxygen atoms in total. The number of rotatable bonds is 1. The van der Waals surface area contributed by atoms with Gasteiger partial charge in [0, 0.05) is 5.92 Å². The van der Waals surface area contributed by atoms with Crippen LogP contribution in [-0.2, 0) is 0 Å². The molecule has 3 heteroatoms. The van der Waals surface area contributed by atoms with Crippen molar-refractivity contribution in [2.75, 3.05) is 0 Å². The summed E-state index contributed by atoms with van der Waals surface area (Å²) in [5.41, 5.74) is 1.06. The molecular formula is C7H9N3. The summed E-state index contributed by atoms with van der Waals surface area (Å²) in [7, 11) is 0. The van der Waals surface area contributed by atoms with Crippen LogP contribution >= 0.6 is 0 Å². The lowest BCUT2D eigenvalue weighted by Gasteiger charge is -1.92. The van der Waals surface area contributed by atoms with Crippen molar-refractivity contribution in [3.8, 4) is 0 Å². The van der Waals surface area contributed by atoms with Crippen LogP contribution in [0.1, 0.15) is 30.3 Å². The first kappa shape index (κ1) is 5.77. The van der Waals surface area contributed by atoms with Crippen molar-refractivity contribution < 1.29 is 0 Å². The van der Waals surface area contributed by atoms with E-state index in [-0.39, 0.29) is 0 Å². The second kappa shape index (κ2) is 2.01. The van der Waals surface area contributed by atoms with E-state index >= 15 is 0 Å². The maximum absolute atomic E-state index is 4.07. The number of nitrogens with zero attached hydrogens (tertiary/aromatic N) is 3. The molecule has 0 saturated heterocycles. The Kier molecular flexibility index (Phi) is 1.16. The first-order chi connectivity index (χ1) is 4.86. The third-order valence-electron chi connectivity index (χ3n) is 1.69. The second-order valence-corrected chi connectivity index (χ2v) is 2.70.